The first-order chi connectivity index (χ1) is 10.1. The van der Waals surface area contributed by atoms with E-state index in [2.05, 4.69) is 10.3 Å². The van der Waals surface area contributed by atoms with Crippen molar-refractivity contribution in [3.63, 3.8) is 0 Å². The Morgan fingerprint density at radius 3 is 2.57 bits per heavy atom. The predicted molar refractivity (Wildman–Crippen MR) is 86.1 cm³/mol. The third-order valence-electron chi connectivity index (χ3n) is 3.74. The highest BCUT2D eigenvalue weighted by molar-refractivity contribution is 5.96. The minimum absolute atomic E-state index is 0.0279. The van der Waals surface area contributed by atoms with Gasteiger partial charge in [-0.1, -0.05) is 30.3 Å². The molecule has 1 unspecified atom stereocenters. The monoisotopic (exact) mass is 281 g/mol. The number of nitrogens with one attached hydrogen (secondary N) is 1. The van der Waals surface area contributed by atoms with Gasteiger partial charge in [-0.15, -0.1) is 0 Å². The van der Waals surface area contributed by atoms with E-state index in [0.717, 1.165) is 22.6 Å². The molecule has 0 spiro atoms. The van der Waals surface area contributed by atoms with Crippen LogP contribution in [0.15, 0.2) is 52.4 Å². The van der Waals surface area contributed by atoms with Crippen molar-refractivity contribution in [2.75, 3.05) is 5.32 Å². The van der Waals surface area contributed by atoms with Crippen LogP contribution in [0, 0.1) is 0 Å². The van der Waals surface area contributed by atoms with Crippen LogP contribution in [0.5, 0.6) is 0 Å². The smallest absolute Gasteiger partial charge is 0.258 e. The van der Waals surface area contributed by atoms with E-state index in [1.54, 1.807) is 4.57 Å². The maximum atomic E-state index is 12.8. The summed E-state index contributed by atoms with van der Waals surface area (Å²) < 4.78 is 1.76. The first-order valence-electron chi connectivity index (χ1n) is 7.19. The van der Waals surface area contributed by atoms with Crippen LogP contribution in [0.3, 0.4) is 0 Å². The van der Waals surface area contributed by atoms with Crippen LogP contribution in [-0.2, 0) is 0 Å². The van der Waals surface area contributed by atoms with Gasteiger partial charge >= 0.3 is 0 Å². The molecule has 0 saturated heterocycles. The first-order valence-corrected chi connectivity index (χ1v) is 7.19. The second-order valence-electron chi connectivity index (χ2n) is 5.60. The van der Waals surface area contributed by atoms with Crippen LogP contribution in [-0.4, -0.2) is 10.4 Å². The van der Waals surface area contributed by atoms with Gasteiger partial charge in [-0.25, -0.2) is 0 Å². The maximum absolute atomic E-state index is 12.8. The minimum atomic E-state index is -0.235. The van der Waals surface area contributed by atoms with Gasteiger partial charge < -0.3 is 9.88 Å². The Labute approximate surface area is 124 Å². The number of aliphatic imine (C=N–C) groups is 1. The molecule has 1 aromatic carbocycles. The molecule has 1 aliphatic heterocycles. The fraction of sp³-hybridized carbons (Fsp3) is 0.294. The van der Waals surface area contributed by atoms with E-state index in [-0.39, 0.29) is 17.6 Å². The highest BCUT2D eigenvalue weighted by Crippen LogP contribution is 2.32. The number of aromatic nitrogens is 1. The van der Waals surface area contributed by atoms with Crippen LogP contribution >= 0.6 is 0 Å². The van der Waals surface area contributed by atoms with Gasteiger partial charge in [0.1, 0.15) is 6.04 Å². The van der Waals surface area contributed by atoms with Gasteiger partial charge in [0.15, 0.2) is 0 Å². The number of anilines is 1. The fourth-order valence-electron chi connectivity index (χ4n) is 2.71. The van der Waals surface area contributed by atoms with E-state index in [1.807, 2.05) is 63.4 Å². The SMILES string of the molecule is CC1=NC(c2ccccc2)c2c(ccn(C(C)C)c2=O)N1. The molecule has 1 atom stereocenters. The average molecular weight is 281 g/mol. The summed E-state index contributed by atoms with van der Waals surface area (Å²) in [5.41, 5.74) is 2.65. The summed E-state index contributed by atoms with van der Waals surface area (Å²) in [6, 6.07) is 11.8. The zero-order valence-corrected chi connectivity index (χ0v) is 12.5. The molecule has 2 heterocycles. The summed E-state index contributed by atoms with van der Waals surface area (Å²) in [4.78, 5) is 17.4. The van der Waals surface area contributed by atoms with Gasteiger partial charge in [-0.2, -0.15) is 0 Å². The molecule has 21 heavy (non-hydrogen) atoms. The van der Waals surface area contributed by atoms with Crippen molar-refractivity contribution in [1.29, 1.82) is 0 Å². The van der Waals surface area contributed by atoms with E-state index < -0.39 is 0 Å². The van der Waals surface area contributed by atoms with E-state index in [0.29, 0.717) is 0 Å². The Balaban J connectivity index is 2.22. The van der Waals surface area contributed by atoms with Gasteiger partial charge in [0.25, 0.3) is 5.56 Å². The Morgan fingerprint density at radius 1 is 1.19 bits per heavy atom. The van der Waals surface area contributed by atoms with Crippen molar-refractivity contribution in [2.45, 2.75) is 32.9 Å². The van der Waals surface area contributed by atoms with Gasteiger partial charge in [-0.3, -0.25) is 9.79 Å². The fourth-order valence-corrected chi connectivity index (χ4v) is 2.71. The Kier molecular flexibility index (Phi) is 3.37. The summed E-state index contributed by atoms with van der Waals surface area (Å²) in [6.07, 6.45) is 1.85. The molecule has 1 aromatic heterocycles. The van der Waals surface area contributed by atoms with E-state index in [4.69, 9.17) is 0 Å². The highest BCUT2D eigenvalue weighted by Gasteiger charge is 2.25. The normalized spacial score (nSPS) is 17.1. The average Bonchev–Trinajstić information content (AvgIpc) is 2.47. The molecule has 1 N–H and O–H groups in total. The number of hydrogen-bond donors (Lipinski definition) is 1. The number of pyridine rings is 1. The summed E-state index contributed by atoms with van der Waals surface area (Å²) in [5, 5.41) is 3.20. The third-order valence-corrected chi connectivity index (χ3v) is 3.74. The largest absolute Gasteiger partial charge is 0.344 e. The Morgan fingerprint density at radius 2 is 1.90 bits per heavy atom. The van der Waals surface area contributed by atoms with Crippen molar-refractivity contribution < 1.29 is 0 Å². The Bertz CT molecular complexity index is 744. The zero-order valence-electron chi connectivity index (χ0n) is 12.5. The Hall–Kier alpha value is -2.36. The summed E-state index contributed by atoms with van der Waals surface area (Å²) in [6.45, 7) is 5.94. The number of hydrogen-bond acceptors (Lipinski definition) is 3. The highest BCUT2D eigenvalue weighted by atomic mass is 16.1. The molecule has 0 radical (unpaired) electrons. The van der Waals surface area contributed by atoms with Crippen molar-refractivity contribution in [3.05, 3.63) is 64.1 Å². The maximum Gasteiger partial charge on any atom is 0.258 e. The lowest BCUT2D eigenvalue weighted by molar-refractivity contribution is 0.570. The molecule has 0 fully saturated rings. The quantitative estimate of drug-likeness (QED) is 0.917. The zero-order chi connectivity index (χ0) is 15.0. The van der Waals surface area contributed by atoms with Crippen LogP contribution in [0.4, 0.5) is 5.69 Å². The summed E-state index contributed by atoms with van der Waals surface area (Å²) in [5.74, 6) is 0.832. The van der Waals surface area contributed by atoms with Gasteiger partial charge in [0.2, 0.25) is 0 Å². The van der Waals surface area contributed by atoms with Crippen LogP contribution < -0.4 is 10.9 Å². The number of benzene rings is 1. The van der Waals surface area contributed by atoms with Crippen molar-refractivity contribution in [3.8, 4) is 0 Å². The first kappa shape index (κ1) is 13.6. The van der Waals surface area contributed by atoms with E-state index in [1.165, 1.54) is 0 Å². The molecule has 0 bridgehead atoms. The standard InChI is InChI=1S/C17H19N3O/c1-11(2)20-10-9-14-15(17(20)21)16(19-12(3)18-14)13-7-5-4-6-8-13/h4-11,16H,1-3H3,(H,18,19). The van der Waals surface area contributed by atoms with Crippen LogP contribution in [0.1, 0.15) is 44.0 Å². The molecule has 1 aliphatic rings. The molecular weight excluding hydrogens is 262 g/mol. The molecule has 108 valence electrons. The van der Waals surface area contributed by atoms with Gasteiger partial charge in [-0.05, 0) is 32.4 Å². The molecule has 2 aromatic rings. The van der Waals surface area contributed by atoms with Crippen molar-refractivity contribution >= 4 is 11.5 Å². The lowest BCUT2D eigenvalue weighted by Crippen LogP contribution is -2.31. The minimum Gasteiger partial charge on any atom is -0.344 e. The van der Waals surface area contributed by atoms with E-state index in [9.17, 15) is 4.79 Å². The lowest BCUT2D eigenvalue weighted by Gasteiger charge is -2.25. The molecule has 0 saturated carbocycles. The number of rotatable bonds is 2. The van der Waals surface area contributed by atoms with Crippen LogP contribution in [0.2, 0.25) is 0 Å². The van der Waals surface area contributed by atoms with Crippen LogP contribution in [0.25, 0.3) is 0 Å². The van der Waals surface area contributed by atoms with Crippen molar-refractivity contribution in [2.24, 2.45) is 4.99 Å². The summed E-state index contributed by atoms with van der Waals surface area (Å²) >= 11 is 0. The second kappa shape index (κ2) is 5.20. The lowest BCUT2D eigenvalue weighted by atomic mass is 9.97. The van der Waals surface area contributed by atoms with Gasteiger partial charge in [0, 0.05) is 12.2 Å². The number of amidine groups is 1. The molecule has 4 heteroatoms. The predicted octanol–water partition coefficient (Wildman–Crippen LogP) is 3.36. The molecule has 3 rings (SSSR count). The molecule has 0 amide bonds. The molecule has 4 nitrogen and oxygen atoms in total. The second-order valence-corrected chi connectivity index (χ2v) is 5.60. The van der Waals surface area contributed by atoms with Gasteiger partial charge in [0.05, 0.1) is 17.1 Å². The number of fused-ring (bicyclic) bond motifs is 1. The summed E-state index contributed by atoms with van der Waals surface area (Å²) in [7, 11) is 0. The topological polar surface area (TPSA) is 46.4 Å². The third kappa shape index (κ3) is 2.37. The molecule has 0 aliphatic carbocycles. The van der Waals surface area contributed by atoms with Crippen molar-refractivity contribution in [1.82, 2.24) is 4.57 Å². The number of nitrogens with zero attached hydrogens (tertiary/aromatic N) is 2. The van der Waals surface area contributed by atoms with E-state index >= 15 is 0 Å². The molecular formula is C17H19N3O.